The molecule has 0 aromatic carbocycles. The Labute approximate surface area is 83.9 Å². The van der Waals surface area contributed by atoms with Crippen molar-refractivity contribution in [2.75, 3.05) is 6.61 Å². The number of ether oxygens (including phenoxy) is 1. The summed E-state index contributed by atoms with van der Waals surface area (Å²) >= 11 is 0. The van der Waals surface area contributed by atoms with Crippen LogP contribution >= 0.6 is 0 Å². The summed E-state index contributed by atoms with van der Waals surface area (Å²) in [5.74, 6) is -0.243. The van der Waals surface area contributed by atoms with E-state index in [-0.39, 0.29) is 5.97 Å². The lowest BCUT2D eigenvalue weighted by Crippen LogP contribution is -2.36. The van der Waals surface area contributed by atoms with Gasteiger partial charge in [-0.3, -0.25) is 4.79 Å². The molecule has 0 spiro atoms. The van der Waals surface area contributed by atoms with E-state index in [4.69, 9.17) is 9.94 Å². The van der Waals surface area contributed by atoms with Gasteiger partial charge in [0.1, 0.15) is 5.41 Å². The maximum Gasteiger partial charge on any atom is 0.317 e. The van der Waals surface area contributed by atoms with Crippen molar-refractivity contribution >= 4 is 11.7 Å². The van der Waals surface area contributed by atoms with E-state index < -0.39 is 5.41 Å². The summed E-state index contributed by atoms with van der Waals surface area (Å²) in [5, 5.41) is 12.1. The number of rotatable bonds is 3. The lowest BCUT2D eigenvalue weighted by atomic mass is 9.82. The lowest BCUT2D eigenvalue weighted by molar-refractivity contribution is -0.151. The van der Waals surface area contributed by atoms with Gasteiger partial charge in [0.25, 0.3) is 0 Å². The van der Waals surface area contributed by atoms with Crippen LogP contribution < -0.4 is 0 Å². The zero-order chi connectivity index (χ0) is 10.6. The van der Waals surface area contributed by atoms with Gasteiger partial charge >= 0.3 is 5.97 Å². The van der Waals surface area contributed by atoms with Crippen molar-refractivity contribution in [2.24, 2.45) is 10.6 Å². The smallest absolute Gasteiger partial charge is 0.317 e. The topological polar surface area (TPSA) is 58.9 Å². The maximum atomic E-state index is 11.8. The van der Waals surface area contributed by atoms with E-state index in [1.54, 1.807) is 6.92 Å². The summed E-state index contributed by atoms with van der Waals surface area (Å²) < 4.78 is 5.02. The highest BCUT2D eigenvalue weighted by Crippen LogP contribution is 2.39. The molecule has 0 aliphatic heterocycles. The fourth-order valence-electron chi connectivity index (χ4n) is 2.10. The molecule has 1 aliphatic rings. The molecule has 1 N–H and O–H groups in total. The molecule has 14 heavy (non-hydrogen) atoms. The van der Waals surface area contributed by atoms with Crippen LogP contribution in [0.15, 0.2) is 5.16 Å². The molecule has 1 unspecified atom stereocenters. The molecule has 0 heterocycles. The average molecular weight is 199 g/mol. The van der Waals surface area contributed by atoms with E-state index in [1.807, 2.05) is 6.92 Å². The lowest BCUT2D eigenvalue weighted by Gasteiger charge is -2.24. The van der Waals surface area contributed by atoms with E-state index >= 15 is 0 Å². The van der Waals surface area contributed by atoms with E-state index in [9.17, 15) is 4.79 Å². The van der Waals surface area contributed by atoms with Crippen LogP contribution in [-0.4, -0.2) is 23.5 Å². The molecule has 0 saturated heterocycles. The van der Waals surface area contributed by atoms with Gasteiger partial charge in [-0.1, -0.05) is 12.1 Å². The Bertz CT molecular complexity index is 250. The molecular formula is C10H17NO3. The summed E-state index contributed by atoms with van der Waals surface area (Å²) in [6.45, 7) is 4.08. The van der Waals surface area contributed by atoms with Gasteiger partial charge in [0.05, 0.1) is 12.3 Å². The van der Waals surface area contributed by atoms with Crippen LogP contribution in [0.1, 0.15) is 39.5 Å². The average Bonchev–Trinajstić information content (AvgIpc) is 2.61. The fraction of sp³-hybridized carbons (Fsp3) is 0.800. The van der Waals surface area contributed by atoms with Crippen LogP contribution in [0.25, 0.3) is 0 Å². The highest BCUT2D eigenvalue weighted by molar-refractivity contribution is 6.07. The van der Waals surface area contributed by atoms with E-state index in [2.05, 4.69) is 5.16 Å². The normalized spacial score (nSPS) is 29.4. The molecular weight excluding hydrogens is 182 g/mol. The summed E-state index contributed by atoms with van der Waals surface area (Å²) in [6, 6.07) is 0. The van der Waals surface area contributed by atoms with Gasteiger partial charge in [0, 0.05) is 0 Å². The van der Waals surface area contributed by atoms with Crippen LogP contribution in [0.5, 0.6) is 0 Å². The Morgan fingerprint density at radius 3 is 2.86 bits per heavy atom. The van der Waals surface area contributed by atoms with Crippen LogP contribution in [0.4, 0.5) is 0 Å². The Morgan fingerprint density at radius 2 is 2.36 bits per heavy atom. The van der Waals surface area contributed by atoms with Gasteiger partial charge in [-0.25, -0.2) is 0 Å². The number of esters is 1. The summed E-state index contributed by atoms with van der Waals surface area (Å²) in [5.41, 5.74) is -0.0662. The van der Waals surface area contributed by atoms with Crippen LogP contribution in [0.3, 0.4) is 0 Å². The second-order valence-corrected chi connectivity index (χ2v) is 3.56. The number of carbonyl (C=O) groups excluding carboxylic acids is 1. The van der Waals surface area contributed by atoms with Gasteiger partial charge in [-0.2, -0.15) is 0 Å². The van der Waals surface area contributed by atoms with Crippen molar-refractivity contribution in [1.29, 1.82) is 0 Å². The SMILES string of the molecule is CCOC(=O)C1(CC)CCCC1=NO. The minimum atomic E-state index is -0.648. The van der Waals surface area contributed by atoms with Crippen molar-refractivity contribution in [1.82, 2.24) is 0 Å². The molecule has 0 aromatic rings. The molecule has 1 fully saturated rings. The fourth-order valence-corrected chi connectivity index (χ4v) is 2.10. The second-order valence-electron chi connectivity index (χ2n) is 3.56. The molecule has 1 aliphatic carbocycles. The Morgan fingerprint density at radius 1 is 1.64 bits per heavy atom. The molecule has 80 valence electrons. The molecule has 4 heteroatoms. The van der Waals surface area contributed by atoms with Crippen molar-refractivity contribution in [2.45, 2.75) is 39.5 Å². The first kappa shape index (κ1) is 11.0. The van der Waals surface area contributed by atoms with Gasteiger partial charge in [-0.05, 0) is 32.6 Å². The molecule has 0 aromatic heterocycles. The molecule has 0 bridgehead atoms. The minimum Gasteiger partial charge on any atom is -0.465 e. The van der Waals surface area contributed by atoms with E-state index in [0.29, 0.717) is 25.2 Å². The molecule has 1 atom stereocenters. The number of nitrogens with zero attached hydrogens (tertiary/aromatic N) is 1. The Kier molecular flexibility index (Phi) is 3.49. The summed E-state index contributed by atoms with van der Waals surface area (Å²) in [4.78, 5) is 11.8. The molecule has 0 radical (unpaired) electrons. The molecule has 1 rings (SSSR count). The molecule has 0 amide bonds. The third-order valence-electron chi connectivity index (χ3n) is 2.96. The van der Waals surface area contributed by atoms with Gasteiger partial charge in [0.15, 0.2) is 0 Å². The van der Waals surface area contributed by atoms with Gasteiger partial charge in [-0.15, -0.1) is 0 Å². The molecule has 1 saturated carbocycles. The zero-order valence-corrected chi connectivity index (χ0v) is 8.75. The number of oxime groups is 1. The predicted molar refractivity (Wildman–Crippen MR) is 52.4 cm³/mol. The first-order valence-corrected chi connectivity index (χ1v) is 5.10. The van der Waals surface area contributed by atoms with Crippen LogP contribution in [-0.2, 0) is 9.53 Å². The zero-order valence-electron chi connectivity index (χ0n) is 8.75. The summed E-state index contributed by atoms with van der Waals surface area (Å²) in [7, 11) is 0. The quantitative estimate of drug-likeness (QED) is 0.429. The predicted octanol–water partition coefficient (Wildman–Crippen LogP) is 1.96. The van der Waals surface area contributed by atoms with Crippen molar-refractivity contribution in [3.63, 3.8) is 0 Å². The van der Waals surface area contributed by atoms with Crippen LogP contribution in [0.2, 0.25) is 0 Å². The van der Waals surface area contributed by atoms with Crippen molar-refractivity contribution < 1.29 is 14.7 Å². The third kappa shape index (κ3) is 1.61. The largest absolute Gasteiger partial charge is 0.465 e. The first-order valence-electron chi connectivity index (χ1n) is 5.10. The number of hydrogen-bond acceptors (Lipinski definition) is 4. The third-order valence-corrected chi connectivity index (χ3v) is 2.96. The monoisotopic (exact) mass is 199 g/mol. The second kappa shape index (κ2) is 4.44. The van der Waals surface area contributed by atoms with Gasteiger partial charge < -0.3 is 9.94 Å². The Balaban J connectivity index is 2.90. The highest BCUT2D eigenvalue weighted by Gasteiger charge is 2.46. The van der Waals surface area contributed by atoms with Crippen LogP contribution in [0, 0.1) is 5.41 Å². The number of hydrogen-bond donors (Lipinski definition) is 1. The molecule has 4 nitrogen and oxygen atoms in total. The van der Waals surface area contributed by atoms with Gasteiger partial charge in [0.2, 0.25) is 0 Å². The standard InChI is InChI=1S/C10H17NO3/c1-3-10(9(12)14-4-2)7-5-6-8(10)11-13/h13H,3-7H2,1-2H3. The Hall–Kier alpha value is -1.06. The van der Waals surface area contributed by atoms with E-state index in [1.165, 1.54) is 0 Å². The highest BCUT2D eigenvalue weighted by atomic mass is 16.5. The van der Waals surface area contributed by atoms with Crippen molar-refractivity contribution in [3.8, 4) is 0 Å². The first-order chi connectivity index (χ1) is 6.71. The summed E-state index contributed by atoms with van der Waals surface area (Å²) in [6.07, 6.45) is 2.97. The van der Waals surface area contributed by atoms with Crippen molar-refractivity contribution in [3.05, 3.63) is 0 Å². The van der Waals surface area contributed by atoms with E-state index in [0.717, 1.165) is 12.8 Å². The maximum absolute atomic E-state index is 11.8. The minimum absolute atomic E-state index is 0.243. The number of carbonyl (C=O) groups is 1.